The fraction of sp³-hybridized carbons (Fsp3) is 0.421. The van der Waals surface area contributed by atoms with Crippen LogP contribution in [0.3, 0.4) is 0 Å². The molecule has 3 rings (SSSR count). The van der Waals surface area contributed by atoms with E-state index in [-0.39, 0.29) is 18.4 Å². The molecule has 0 radical (unpaired) electrons. The molecule has 0 aromatic heterocycles. The van der Waals surface area contributed by atoms with Crippen molar-refractivity contribution < 1.29 is 17.9 Å². The Balaban J connectivity index is 1.63. The molecule has 2 aromatic carbocycles. The summed E-state index contributed by atoms with van der Waals surface area (Å²) in [7, 11) is -1.61. The summed E-state index contributed by atoms with van der Waals surface area (Å²) in [5.74, 6) is 0.433. The second-order valence-corrected chi connectivity index (χ2v) is 8.71. The van der Waals surface area contributed by atoms with Crippen molar-refractivity contribution in [3.8, 4) is 5.75 Å². The van der Waals surface area contributed by atoms with E-state index in [0.717, 1.165) is 28.5 Å². The first-order valence-corrected chi connectivity index (χ1v) is 10.5. The van der Waals surface area contributed by atoms with Gasteiger partial charge < -0.3 is 10.1 Å². The zero-order chi connectivity index (χ0) is 18.7. The van der Waals surface area contributed by atoms with Gasteiger partial charge in [-0.2, -0.15) is 0 Å². The minimum Gasteiger partial charge on any atom is -0.497 e. The molecule has 7 heteroatoms. The van der Waals surface area contributed by atoms with Crippen molar-refractivity contribution in [1.29, 1.82) is 0 Å². The summed E-state index contributed by atoms with van der Waals surface area (Å²) in [6.07, 6.45) is 2.62. The first kappa shape index (κ1) is 18.7. The van der Waals surface area contributed by atoms with Gasteiger partial charge >= 0.3 is 0 Å². The average Bonchev–Trinajstić information content (AvgIpc) is 2.65. The number of fused-ring (bicyclic) bond motifs is 1. The van der Waals surface area contributed by atoms with Gasteiger partial charge in [0.05, 0.1) is 19.3 Å². The van der Waals surface area contributed by atoms with Gasteiger partial charge in [-0.1, -0.05) is 18.2 Å². The van der Waals surface area contributed by atoms with E-state index in [2.05, 4.69) is 5.32 Å². The van der Waals surface area contributed by atoms with E-state index in [4.69, 9.17) is 4.74 Å². The lowest BCUT2D eigenvalue weighted by molar-refractivity contribution is -0.126. The van der Waals surface area contributed by atoms with Gasteiger partial charge in [0.15, 0.2) is 0 Å². The molecule has 1 unspecified atom stereocenters. The Bertz CT molecular complexity index is 911. The van der Waals surface area contributed by atoms with Crippen LogP contribution in [0.1, 0.15) is 18.4 Å². The van der Waals surface area contributed by atoms with Gasteiger partial charge in [0, 0.05) is 19.6 Å². The van der Waals surface area contributed by atoms with Gasteiger partial charge in [-0.15, -0.1) is 0 Å². The fourth-order valence-electron chi connectivity index (χ4n) is 3.30. The fourth-order valence-corrected chi connectivity index (χ4v) is 4.21. The van der Waals surface area contributed by atoms with Gasteiger partial charge in [-0.3, -0.25) is 4.79 Å². The van der Waals surface area contributed by atoms with Crippen LogP contribution in [-0.2, 0) is 21.4 Å². The molecule has 0 bridgehead atoms. The molecule has 26 heavy (non-hydrogen) atoms. The third-order valence-electron chi connectivity index (χ3n) is 4.80. The molecular weight excluding hydrogens is 352 g/mol. The number of methoxy groups -OCH3 is 1. The van der Waals surface area contributed by atoms with Crippen LogP contribution >= 0.6 is 0 Å². The highest BCUT2D eigenvalue weighted by atomic mass is 32.2. The number of amides is 1. The van der Waals surface area contributed by atoms with Gasteiger partial charge in [-0.25, -0.2) is 12.7 Å². The highest BCUT2D eigenvalue weighted by Crippen LogP contribution is 2.22. The summed E-state index contributed by atoms with van der Waals surface area (Å²) in [5.41, 5.74) is 1.01. The smallest absolute Gasteiger partial charge is 0.224 e. The van der Waals surface area contributed by atoms with Crippen LogP contribution < -0.4 is 10.1 Å². The van der Waals surface area contributed by atoms with Crippen molar-refractivity contribution in [1.82, 2.24) is 9.62 Å². The number of benzene rings is 2. The van der Waals surface area contributed by atoms with Crippen molar-refractivity contribution in [2.45, 2.75) is 19.4 Å². The summed E-state index contributed by atoms with van der Waals surface area (Å²) in [6, 6.07) is 11.9. The Hall–Kier alpha value is -2.12. The van der Waals surface area contributed by atoms with Crippen molar-refractivity contribution in [3.63, 3.8) is 0 Å². The van der Waals surface area contributed by atoms with Crippen LogP contribution in [0.4, 0.5) is 0 Å². The second-order valence-electron chi connectivity index (χ2n) is 6.73. The minimum absolute atomic E-state index is 0.0897. The number of nitrogens with zero attached hydrogens (tertiary/aromatic N) is 1. The number of nitrogens with one attached hydrogen (secondary N) is 1. The summed E-state index contributed by atoms with van der Waals surface area (Å²) in [4.78, 5) is 12.4. The van der Waals surface area contributed by atoms with E-state index in [9.17, 15) is 13.2 Å². The largest absolute Gasteiger partial charge is 0.497 e. The number of sulfonamides is 1. The van der Waals surface area contributed by atoms with E-state index in [1.165, 1.54) is 10.6 Å². The molecule has 1 fully saturated rings. The summed E-state index contributed by atoms with van der Waals surface area (Å²) >= 11 is 0. The standard InChI is InChI=1S/C19H24N2O4S/c1-25-18-8-7-15-10-14(5-6-16(15)11-18)12-20-19(22)17-4-3-9-21(13-17)26(2,23)24/h5-8,10-11,17H,3-4,9,12-13H2,1-2H3,(H,20,22). The summed E-state index contributed by atoms with van der Waals surface area (Å²) in [6.45, 7) is 1.19. The maximum Gasteiger partial charge on any atom is 0.224 e. The number of carbonyl (C=O) groups is 1. The molecule has 2 aromatic rings. The lowest BCUT2D eigenvalue weighted by Gasteiger charge is -2.30. The number of piperidine rings is 1. The first-order chi connectivity index (χ1) is 12.4. The third kappa shape index (κ3) is 4.34. The number of ether oxygens (including phenoxy) is 1. The zero-order valence-electron chi connectivity index (χ0n) is 15.1. The lowest BCUT2D eigenvalue weighted by atomic mass is 9.98. The molecule has 1 N–H and O–H groups in total. The molecular formula is C19H24N2O4S. The predicted octanol–water partition coefficient (Wildman–Crippen LogP) is 2.14. The van der Waals surface area contributed by atoms with Crippen LogP contribution in [0, 0.1) is 5.92 Å². The minimum atomic E-state index is -3.25. The van der Waals surface area contributed by atoms with Crippen molar-refractivity contribution >= 4 is 26.7 Å². The SMILES string of the molecule is COc1ccc2cc(CNC(=O)C3CCCN(S(C)(=O)=O)C3)ccc2c1. The van der Waals surface area contributed by atoms with E-state index in [1.807, 2.05) is 36.4 Å². The van der Waals surface area contributed by atoms with Crippen molar-refractivity contribution in [3.05, 3.63) is 42.0 Å². The van der Waals surface area contributed by atoms with Crippen LogP contribution in [0.2, 0.25) is 0 Å². The van der Waals surface area contributed by atoms with E-state index < -0.39 is 10.0 Å². The van der Waals surface area contributed by atoms with Crippen LogP contribution in [0.25, 0.3) is 10.8 Å². The Morgan fingerprint density at radius 3 is 2.69 bits per heavy atom. The first-order valence-electron chi connectivity index (χ1n) is 8.66. The summed E-state index contributed by atoms with van der Waals surface area (Å²) in [5, 5.41) is 5.10. The Morgan fingerprint density at radius 2 is 1.96 bits per heavy atom. The lowest BCUT2D eigenvalue weighted by Crippen LogP contribution is -2.44. The molecule has 1 atom stereocenters. The molecule has 0 aliphatic carbocycles. The molecule has 140 valence electrons. The number of rotatable bonds is 5. The van der Waals surface area contributed by atoms with Gasteiger partial charge in [0.1, 0.15) is 5.75 Å². The topological polar surface area (TPSA) is 75.7 Å². The monoisotopic (exact) mass is 376 g/mol. The molecule has 0 saturated carbocycles. The highest BCUT2D eigenvalue weighted by Gasteiger charge is 2.29. The van der Waals surface area contributed by atoms with E-state index in [0.29, 0.717) is 19.5 Å². The third-order valence-corrected chi connectivity index (χ3v) is 6.07. The van der Waals surface area contributed by atoms with Crippen molar-refractivity contribution in [2.24, 2.45) is 5.92 Å². The van der Waals surface area contributed by atoms with Crippen LogP contribution in [0.5, 0.6) is 5.75 Å². The maximum atomic E-state index is 12.4. The van der Waals surface area contributed by atoms with Gasteiger partial charge in [-0.05, 0) is 47.4 Å². The Kier molecular flexibility index (Phi) is 5.48. The Morgan fingerprint density at radius 1 is 1.23 bits per heavy atom. The molecule has 0 spiro atoms. The van der Waals surface area contributed by atoms with Gasteiger partial charge in [0.25, 0.3) is 0 Å². The number of hydrogen-bond donors (Lipinski definition) is 1. The Labute approximate surface area is 154 Å². The number of hydrogen-bond acceptors (Lipinski definition) is 4. The predicted molar refractivity (Wildman–Crippen MR) is 101 cm³/mol. The molecule has 1 aliphatic heterocycles. The molecule has 1 amide bonds. The maximum absolute atomic E-state index is 12.4. The van der Waals surface area contributed by atoms with E-state index in [1.54, 1.807) is 7.11 Å². The molecule has 1 aliphatic rings. The van der Waals surface area contributed by atoms with Crippen LogP contribution in [0.15, 0.2) is 36.4 Å². The quantitative estimate of drug-likeness (QED) is 0.867. The second kappa shape index (κ2) is 7.63. The number of carbonyl (C=O) groups excluding carboxylic acids is 1. The van der Waals surface area contributed by atoms with Gasteiger partial charge in [0.2, 0.25) is 15.9 Å². The molecule has 1 heterocycles. The van der Waals surface area contributed by atoms with Crippen LogP contribution in [-0.4, -0.2) is 45.1 Å². The zero-order valence-corrected chi connectivity index (χ0v) is 15.9. The highest BCUT2D eigenvalue weighted by molar-refractivity contribution is 7.88. The van der Waals surface area contributed by atoms with E-state index >= 15 is 0 Å². The molecule has 6 nitrogen and oxygen atoms in total. The summed E-state index contributed by atoms with van der Waals surface area (Å²) < 4.78 is 30.0. The average molecular weight is 376 g/mol. The normalized spacial score (nSPS) is 18.6. The van der Waals surface area contributed by atoms with Crippen molar-refractivity contribution in [2.75, 3.05) is 26.5 Å². The molecule has 1 saturated heterocycles.